The van der Waals surface area contributed by atoms with Crippen LogP contribution in [0.25, 0.3) is 0 Å². The Hall–Kier alpha value is -3.11. The number of carbonyl (C=O) groups excluding carboxylic acids is 1. The SMILES string of the molecule is O=C(COCCOc1ccccc1)NC(c1ccccc1)c1ccccc1. The lowest BCUT2D eigenvalue weighted by Gasteiger charge is -2.20. The summed E-state index contributed by atoms with van der Waals surface area (Å²) in [5.74, 6) is 0.631. The lowest BCUT2D eigenvalue weighted by Crippen LogP contribution is -2.32. The maximum absolute atomic E-state index is 12.4. The van der Waals surface area contributed by atoms with Gasteiger partial charge >= 0.3 is 0 Å². The highest BCUT2D eigenvalue weighted by Gasteiger charge is 2.16. The highest BCUT2D eigenvalue weighted by molar-refractivity contribution is 5.78. The van der Waals surface area contributed by atoms with Crippen LogP contribution in [-0.4, -0.2) is 25.7 Å². The molecule has 0 spiro atoms. The van der Waals surface area contributed by atoms with Crippen LogP contribution >= 0.6 is 0 Å². The quantitative estimate of drug-likeness (QED) is 0.586. The van der Waals surface area contributed by atoms with Crippen LogP contribution in [0.5, 0.6) is 5.75 Å². The lowest BCUT2D eigenvalue weighted by molar-refractivity contribution is -0.126. The number of carbonyl (C=O) groups is 1. The number of benzene rings is 3. The average molecular weight is 361 g/mol. The molecular formula is C23H23NO3. The summed E-state index contributed by atoms with van der Waals surface area (Å²) < 4.78 is 11.0. The molecule has 0 bridgehead atoms. The number of hydrogen-bond acceptors (Lipinski definition) is 3. The first-order valence-corrected chi connectivity index (χ1v) is 8.98. The van der Waals surface area contributed by atoms with E-state index in [4.69, 9.17) is 9.47 Å². The minimum atomic E-state index is -0.205. The van der Waals surface area contributed by atoms with Crippen molar-refractivity contribution in [2.75, 3.05) is 19.8 Å². The fraction of sp³-hybridized carbons (Fsp3) is 0.174. The molecule has 1 amide bonds. The van der Waals surface area contributed by atoms with E-state index in [1.165, 1.54) is 0 Å². The molecule has 27 heavy (non-hydrogen) atoms. The molecule has 138 valence electrons. The Bertz CT molecular complexity index is 767. The Kier molecular flexibility index (Phi) is 7.01. The van der Waals surface area contributed by atoms with Crippen LogP contribution in [0.2, 0.25) is 0 Å². The molecule has 0 aliphatic rings. The van der Waals surface area contributed by atoms with Gasteiger partial charge in [0.1, 0.15) is 19.0 Å². The van der Waals surface area contributed by atoms with E-state index in [0.29, 0.717) is 13.2 Å². The summed E-state index contributed by atoms with van der Waals surface area (Å²) in [6, 6.07) is 29.1. The Balaban J connectivity index is 1.49. The molecule has 0 radical (unpaired) electrons. The third kappa shape index (κ3) is 5.97. The average Bonchev–Trinajstić information content (AvgIpc) is 2.74. The van der Waals surface area contributed by atoms with Gasteiger partial charge < -0.3 is 14.8 Å². The molecule has 0 heterocycles. The number of nitrogens with one attached hydrogen (secondary N) is 1. The predicted molar refractivity (Wildman–Crippen MR) is 106 cm³/mol. The standard InChI is InChI=1S/C23H23NO3/c25-22(18-26-16-17-27-21-14-8-3-9-15-21)24-23(19-10-4-1-5-11-19)20-12-6-2-7-13-20/h1-15,23H,16-18H2,(H,24,25). The van der Waals surface area contributed by atoms with Crippen molar-refractivity contribution in [1.29, 1.82) is 0 Å². The summed E-state index contributed by atoms with van der Waals surface area (Å²) in [6.07, 6.45) is 0. The van der Waals surface area contributed by atoms with E-state index in [0.717, 1.165) is 16.9 Å². The lowest BCUT2D eigenvalue weighted by atomic mass is 9.99. The van der Waals surface area contributed by atoms with E-state index in [-0.39, 0.29) is 18.6 Å². The summed E-state index contributed by atoms with van der Waals surface area (Å²) in [4.78, 5) is 12.4. The fourth-order valence-electron chi connectivity index (χ4n) is 2.75. The van der Waals surface area contributed by atoms with Gasteiger partial charge in [-0.1, -0.05) is 78.9 Å². The van der Waals surface area contributed by atoms with Crippen molar-refractivity contribution in [3.63, 3.8) is 0 Å². The molecule has 3 aromatic carbocycles. The smallest absolute Gasteiger partial charge is 0.246 e. The van der Waals surface area contributed by atoms with Crippen molar-refractivity contribution >= 4 is 5.91 Å². The first-order chi connectivity index (χ1) is 13.3. The predicted octanol–water partition coefficient (Wildman–Crippen LogP) is 3.99. The maximum Gasteiger partial charge on any atom is 0.246 e. The number of rotatable bonds is 9. The third-order valence-electron chi connectivity index (χ3n) is 4.04. The highest BCUT2D eigenvalue weighted by Crippen LogP contribution is 2.21. The van der Waals surface area contributed by atoms with Gasteiger partial charge in [0.15, 0.2) is 0 Å². The second-order valence-corrected chi connectivity index (χ2v) is 6.04. The Morgan fingerprint density at radius 3 is 1.81 bits per heavy atom. The van der Waals surface area contributed by atoms with E-state index >= 15 is 0 Å². The van der Waals surface area contributed by atoms with Crippen LogP contribution in [0.15, 0.2) is 91.0 Å². The normalized spacial score (nSPS) is 10.6. The van der Waals surface area contributed by atoms with Crippen LogP contribution in [0.1, 0.15) is 17.2 Å². The summed E-state index contributed by atoms with van der Waals surface area (Å²) in [5.41, 5.74) is 2.06. The topological polar surface area (TPSA) is 47.6 Å². The number of para-hydroxylation sites is 1. The molecule has 3 rings (SSSR count). The minimum Gasteiger partial charge on any atom is -0.491 e. The Labute approximate surface area is 159 Å². The van der Waals surface area contributed by atoms with E-state index in [1.807, 2.05) is 91.0 Å². The second kappa shape index (κ2) is 10.1. The molecule has 4 heteroatoms. The summed E-state index contributed by atoms with van der Waals surface area (Å²) in [5, 5.41) is 3.05. The number of ether oxygens (including phenoxy) is 2. The molecule has 0 aromatic heterocycles. The number of hydrogen-bond donors (Lipinski definition) is 1. The molecule has 0 saturated heterocycles. The Morgan fingerprint density at radius 1 is 0.741 bits per heavy atom. The Morgan fingerprint density at radius 2 is 1.26 bits per heavy atom. The van der Waals surface area contributed by atoms with Gasteiger partial charge in [0.2, 0.25) is 5.91 Å². The highest BCUT2D eigenvalue weighted by atomic mass is 16.5. The molecule has 4 nitrogen and oxygen atoms in total. The van der Waals surface area contributed by atoms with E-state index in [1.54, 1.807) is 0 Å². The van der Waals surface area contributed by atoms with Crippen LogP contribution in [0.4, 0.5) is 0 Å². The van der Waals surface area contributed by atoms with Gasteiger partial charge in [0.25, 0.3) is 0 Å². The van der Waals surface area contributed by atoms with Crippen molar-refractivity contribution in [3.05, 3.63) is 102 Å². The first-order valence-electron chi connectivity index (χ1n) is 8.98. The van der Waals surface area contributed by atoms with Gasteiger partial charge in [-0.2, -0.15) is 0 Å². The second-order valence-electron chi connectivity index (χ2n) is 6.04. The molecule has 0 aliphatic carbocycles. The fourth-order valence-corrected chi connectivity index (χ4v) is 2.75. The van der Waals surface area contributed by atoms with Crippen molar-refractivity contribution in [3.8, 4) is 5.75 Å². The molecule has 0 atom stereocenters. The molecule has 0 aliphatic heterocycles. The van der Waals surface area contributed by atoms with Crippen LogP contribution in [0.3, 0.4) is 0 Å². The van der Waals surface area contributed by atoms with Crippen molar-refractivity contribution in [2.24, 2.45) is 0 Å². The van der Waals surface area contributed by atoms with E-state index in [2.05, 4.69) is 5.32 Å². The summed E-state index contributed by atoms with van der Waals surface area (Å²) >= 11 is 0. The van der Waals surface area contributed by atoms with Crippen LogP contribution in [-0.2, 0) is 9.53 Å². The summed E-state index contributed by atoms with van der Waals surface area (Å²) in [7, 11) is 0. The van der Waals surface area contributed by atoms with E-state index in [9.17, 15) is 4.79 Å². The number of amides is 1. The van der Waals surface area contributed by atoms with Crippen molar-refractivity contribution in [1.82, 2.24) is 5.32 Å². The molecule has 1 N–H and O–H groups in total. The van der Waals surface area contributed by atoms with Gasteiger partial charge in [-0.05, 0) is 23.3 Å². The zero-order valence-electron chi connectivity index (χ0n) is 15.1. The molecule has 3 aromatic rings. The van der Waals surface area contributed by atoms with Gasteiger partial charge in [-0.15, -0.1) is 0 Å². The van der Waals surface area contributed by atoms with Gasteiger partial charge in [-0.3, -0.25) is 4.79 Å². The molecule has 0 saturated carbocycles. The van der Waals surface area contributed by atoms with Gasteiger partial charge in [0, 0.05) is 0 Å². The zero-order valence-corrected chi connectivity index (χ0v) is 15.1. The van der Waals surface area contributed by atoms with E-state index < -0.39 is 0 Å². The van der Waals surface area contributed by atoms with Gasteiger partial charge in [0.05, 0.1) is 12.6 Å². The zero-order chi connectivity index (χ0) is 18.7. The first kappa shape index (κ1) is 18.7. The monoisotopic (exact) mass is 361 g/mol. The van der Waals surface area contributed by atoms with Gasteiger partial charge in [-0.25, -0.2) is 0 Å². The molecule has 0 fully saturated rings. The molecule has 0 unspecified atom stereocenters. The summed E-state index contributed by atoms with van der Waals surface area (Å²) in [6.45, 7) is 0.746. The third-order valence-corrected chi connectivity index (χ3v) is 4.04. The maximum atomic E-state index is 12.4. The van der Waals surface area contributed by atoms with Crippen molar-refractivity contribution < 1.29 is 14.3 Å². The molecular weight excluding hydrogens is 338 g/mol. The minimum absolute atomic E-state index is 0.00564. The largest absolute Gasteiger partial charge is 0.491 e. The van der Waals surface area contributed by atoms with Crippen molar-refractivity contribution in [2.45, 2.75) is 6.04 Å². The van der Waals surface area contributed by atoms with Crippen LogP contribution < -0.4 is 10.1 Å². The van der Waals surface area contributed by atoms with Crippen LogP contribution in [0, 0.1) is 0 Å².